The first-order chi connectivity index (χ1) is 17.0. The Balaban J connectivity index is 1.21. The molecule has 0 unspecified atom stereocenters. The maximum absolute atomic E-state index is 12.3. The number of thiocarbonyl (C=S) groups is 1. The highest BCUT2D eigenvalue weighted by Gasteiger charge is 2.11. The summed E-state index contributed by atoms with van der Waals surface area (Å²) in [5, 5.41) is 5.81. The lowest BCUT2D eigenvalue weighted by molar-refractivity contribution is -0.115. The highest BCUT2D eigenvalue weighted by Crippen LogP contribution is 2.28. The summed E-state index contributed by atoms with van der Waals surface area (Å²) < 4.78 is 11.7. The van der Waals surface area contributed by atoms with Gasteiger partial charge in [0.15, 0.2) is 10.7 Å². The number of furan rings is 1. The average Bonchev–Trinajstić information content (AvgIpc) is 3.50. The molecule has 0 atom stereocenters. The highest BCUT2D eigenvalue weighted by molar-refractivity contribution is 7.80. The summed E-state index contributed by atoms with van der Waals surface area (Å²) in [6, 6.07) is 26.8. The zero-order valence-corrected chi connectivity index (χ0v) is 19.6. The number of hydrogen-bond donors (Lipinski definition) is 2. The quantitative estimate of drug-likeness (QED) is 0.219. The van der Waals surface area contributed by atoms with Gasteiger partial charge in [0.1, 0.15) is 17.0 Å². The van der Waals surface area contributed by atoms with Gasteiger partial charge < -0.3 is 14.2 Å². The van der Waals surface area contributed by atoms with Crippen LogP contribution in [0.15, 0.2) is 99.8 Å². The van der Waals surface area contributed by atoms with Crippen LogP contribution in [0.4, 0.5) is 5.69 Å². The first-order valence-electron chi connectivity index (χ1n) is 11.0. The van der Waals surface area contributed by atoms with Crippen molar-refractivity contribution in [2.24, 2.45) is 0 Å². The number of carbonyl (C=O) groups excluding carboxylic acids is 1. The molecule has 0 aliphatic rings. The van der Waals surface area contributed by atoms with Gasteiger partial charge in [0, 0.05) is 22.9 Å². The number of aromatic nitrogens is 1. The van der Waals surface area contributed by atoms with Gasteiger partial charge in [0.05, 0.1) is 0 Å². The molecule has 5 rings (SSSR count). The molecule has 0 aliphatic carbocycles. The van der Waals surface area contributed by atoms with Crippen LogP contribution in [-0.4, -0.2) is 16.0 Å². The lowest BCUT2D eigenvalue weighted by Gasteiger charge is -2.07. The van der Waals surface area contributed by atoms with E-state index in [2.05, 4.69) is 15.6 Å². The second kappa shape index (κ2) is 9.79. The van der Waals surface area contributed by atoms with Gasteiger partial charge >= 0.3 is 0 Å². The second-order valence-electron chi connectivity index (χ2n) is 7.86. The van der Waals surface area contributed by atoms with Crippen molar-refractivity contribution in [1.82, 2.24) is 10.3 Å². The standard InChI is InChI=1S/C28H21N3O3S/c1-18-7-5-6-10-22(18)27-30-23-17-20(11-14-25(23)34-27)29-28(35)31-26(32)16-13-21-12-15-24(33-21)19-8-3-2-4-9-19/h2-17H,1H3,(H2,29,31,32,35)/b16-13+. The first kappa shape index (κ1) is 22.3. The van der Waals surface area contributed by atoms with Crippen LogP contribution in [-0.2, 0) is 4.79 Å². The largest absolute Gasteiger partial charge is 0.457 e. The molecule has 0 saturated heterocycles. The van der Waals surface area contributed by atoms with Gasteiger partial charge in [-0.15, -0.1) is 0 Å². The van der Waals surface area contributed by atoms with Crippen LogP contribution in [0.1, 0.15) is 11.3 Å². The van der Waals surface area contributed by atoms with Crippen LogP contribution in [0.2, 0.25) is 0 Å². The zero-order valence-electron chi connectivity index (χ0n) is 18.8. The molecule has 35 heavy (non-hydrogen) atoms. The van der Waals surface area contributed by atoms with Crippen molar-refractivity contribution in [3.05, 3.63) is 102 Å². The van der Waals surface area contributed by atoms with E-state index in [9.17, 15) is 4.79 Å². The minimum absolute atomic E-state index is 0.172. The first-order valence-corrected chi connectivity index (χ1v) is 11.4. The average molecular weight is 480 g/mol. The van der Waals surface area contributed by atoms with Crippen molar-refractivity contribution in [3.8, 4) is 22.8 Å². The van der Waals surface area contributed by atoms with E-state index in [0.29, 0.717) is 28.4 Å². The molecule has 2 aromatic heterocycles. The van der Waals surface area contributed by atoms with Gasteiger partial charge in [-0.1, -0.05) is 48.5 Å². The fourth-order valence-electron chi connectivity index (χ4n) is 3.61. The van der Waals surface area contributed by atoms with E-state index in [4.69, 9.17) is 21.1 Å². The van der Waals surface area contributed by atoms with E-state index in [1.54, 1.807) is 12.1 Å². The molecular formula is C28H21N3O3S. The summed E-state index contributed by atoms with van der Waals surface area (Å²) >= 11 is 5.29. The van der Waals surface area contributed by atoms with Crippen LogP contribution < -0.4 is 10.6 Å². The van der Waals surface area contributed by atoms with E-state index in [1.807, 2.05) is 85.8 Å². The van der Waals surface area contributed by atoms with Crippen molar-refractivity contribution in [2.75, 3.05) is 5.32 Å². The fraction of sp³-hybridized carbons (Fsp3) is 0.0357. The van der Waals surface area contributed by atoms with E-state index in [1.165, 1.54) is 6.08 Å². The lowest BCUT2D eigenvalue weighted by Crippen LogP contribution is -2.32. The van der Waals surface area contributed by atoms with Crippen LogP contribution in [0, 0.1) is 6.92 Å². The van der Waals surface area contributed by atoms with Crippen LogP contribution in [0.5, 0.6) is 0 Å². The Morgan fingerprint density at radius 2 is 1.74 bits per heavy atom. The molecule has 0 bridgehead atoms. The third-order valence-electron chi connectivity index (χ3n) is 5.34. The Kier molecular flexibility index (Phi) is 6.24. The molecular weight excluding hydrogens is 458 g/mol. The van der Waals surface area contributed by atoms with Gasteiger partial charge in [0.25, 0.3) is 0 Å². The monoisotopic (exact) mass is 479 g/mol. The van der Waals surface area contributed by atoms with Gasteiger partial charge in [-0.2, -0.15) is 0 Å². The molecule has 1 amide bonds. The number of benzene rings is 3. The maximum Gasteiger partial charge on any atom is 0.250 e. The molecule has 0 radical (unpaired) electrons. The van der Waals surface area contributed by atoms with Gasteiger partial charge in [-0.25, -0.2) is 4.98 Å². The van der Waals surface area contributed by atoms with Crippen LogP contribution >= 0.6 is 12.2 Å². The third kappa shape index (κ3) is 5.20. The van der Waals surface area contributed by atoms with Crippen molar-refractivity contribution in [1.29, 1.82) is 0 Å². The molecule has 172 valence electrons. The van der Waals surface area contributed by atoms with Crippen molar-refractivity contribution in [2.45, 2.75) is 6.92 Å². The van der Waals surface area contributed by atoms with E-state index < -0.39 is 0 Å². The van der Waals surface area contributed by atoms with Gasteiger partial charge in [0.2, 0.25) is 11.8 Å². The van der Waals surface area contributed by atoms with Crippen molar-refractivity contribution in [3.63, 3.8) is 0 Å². The highest BCUT2D eigenvalue weighted by atomic mass is 32.1. The number of nitrogens with one attached hydrogen (secondary N) is 2. The molecule has 3 aromatic carbocycles. The molecule has 2 N–H and O–H groups in total. The van der Waals surface area contributed by atoms with E-state index in [-0.39, 0.29) is 11.0 Å². The van der Waals surface area contributed by atoms with Crippen molar-refractivity contribution < 1.29 is 13.6 Å². The third-order valence-corrected chi connectivity index (χ3v) is 5.55. The number of oxazole rings is 1. The number of amides is 1. The minimum Gasteiger partial charge on any atom is -0.457 e. The summed E-state index contributed by atoms with van der Waals surface area (Å²) in [5.74, 6) is 1.49. The summed E-state index contributed by atoms with van der Waals surface area (Å²) in [5.41, 5.74) is 5.04. The molecule has 0 fully saturated rings. The summed E-state index contributed by atoms with van der Waals surface area (Å²) in [7, 11) is 0. The number of aryl methyl sites for hydroxylation is 1. The molecule has 0 saturated carbocycles. The molecule has 6 nitrogen and oxygen atoms in total. The number of nitrogens with zero attached hydrogens (tertiary/aromatic N) is 1. The molecule has 5 aromatic rings. The smallest absolute Gasteiger partial charge is 0.250 e. The normalized spacial score (nSPS) is 11.1. The van der Waals surface area contributed by atoms with Gasteiger partial charge in [-0.3, -0.25) is 10.1 Å². The van der Waals surface area contributed by atoms with Crippen LogP contribution in [0.3, 0.4) is 0 Å². The second-order valence-corrected chi connectivity index (χ2v) is 8.27. The molecule has 7 heteroatoms. The SMILES string of the molecule is Cc1ccccc1-c1nc2cc(NC(=S)NC(=O)/C=C/c3ccc(-c4ccccc4)o3)ccc2o1. The predicted molar refractivity (Wildman–Crippen MR) is 142 cm³/mol. The predicted octanol–water partition coefficient (Wildman–Crippen LogP) is 6.59. The molecule has 0 aliphatic heterocycles. The topological polar surface area (TPSA) is 80.3 Å². The summed E-state index contributed by atoms with van der Waals surface area (Å²) in [6.45, 7) is 2.01. The number of carbonyl (C=O) groups is 1. The Bertz CT molecular complexity index is 1550. The Labute approximate surface area is 207 Å². The van der Waals surface area contributed by atoms with Gasteiger partial charge in [-0.05, 0) is 67.2 Å². The summed E-state index contributed by atoms with van der Waals surface area (Å²) in [6.07, 6.45) is 2.97. The number of rotatable bonds is 5. The van der Waals surface area contributed by atoms with Crippen molar-refractivity contribution >= 4 is 46.1 Å². The van der Waals surface area contributed by atoms with E-state index in [0.717, 1.165) is 22.5 Å². The minimum atomic E-state index is -0.371. The number of fused-ring (bicyclic) bond motifs is 1. The number of hydrogen-bond acceptors (Lipinski definition) is 5. The fourth-order valence-corrected chi connectivity index (χ4v) is 3.83. The Hall–Kier alpha value is -4.49. The molecule has 2 heterocycles. The lowest BCUT2D eigenvalue weighted by atomic mass is 10.1. The maximum atomic E-state index is 12.3. The Morgan fingerprint density at radius 3 is 2.57 bits per heavy atom. The molecule has 0 spiro atoms. The van der Waals surface area contributed by atoms with Crippen LogP contribution in [0.25, 0.3) is 40.0 Å². The summed E-state index contributed by atoms with van der Waals surface area (Å²) in [4.78, 5) is 16.9. The zero-order chi connectivity index (χ0) is 24.2. The van der Waals surface area contributed by atoms with E-state index >= 15 is 0 Å². The Morgan fingerprint density at radius 1 is 0.943 bits per heavy atom. The number of anilines is 1.